The van der Waals surface area contributed by atoms with Gasteiger partial charge in [-0.2, -0.15) is 0 Å². The number of aliphatic hydroxyl groups is 1. The van der Waals surface area contributed by atoms with Crippen LogP contribution in [0.5, 0.6) is 0 Å². The molecule has 48 heavy (non-hydrogen) atoms. The van der Waals surface area contributed by atoms with Crippen LogP contribution in [0.1, 0.15) is 136 Å². The first-order chi connectivity index (χ1) is 22.3. The summed E-state index contributed by atoms with van der Waals surface area (Å²) in [6.45, 7) is 22.2. The SMILES string of the molecule is CC(C)=CCc1c2c(cc3c4c([nH]c13)[C@@]1(C)[C@@H](CC[C@H]3[C@](C)(CC/C=C(\C)C(=O)O)[C@@H](O)CC[C@@]31C)C4)C1=CC(C)(C)OC(C)(C)C1=C2. The molecule has 2 heterocycles. The van der Waals surface area contributed by atoms with E-state index in [-0.39, 0.29) is 33.6 Å². The molecule has 1 aliphatic heterocycles. The highest BCUT2D eigenvalue weighted by atomic mass is 16.5. The molecular weight excluding hydrogens is 594 g/mol. The maximum atomic E-state index is 11.6. The first kappa shape index (κ1) is 33.6. The van der Waals surface area contributed by atoms with E-state index in [0.29, 0.717) is 23.8 Å². The van der Waals surface area contributed by atoms with Gasteiger partial charge in [0.1, 0.15) is 0 Å². The van der Waals surface area contributed by atoms with Crippen molar-refractivity contribution in [2.45, 2.75) is 143 Å². The lowest BCUT2D eigenvalue weighted by atomic mass is 9.40. The molecule has 0 spiro atoms. The molecule has 1 aromatic carbocycles. The van der Waals surface area contributed by atoms with Crippen LogP contribution in [-0.4, -0.2) is 38.5 Å². The Morgan fingerprint density at radius 2 is 1.77 bits per heavy atom. The number of aliphatic carboxylic acids is 1. The third-order valence-corrected chi connectivity index (χ3v) is 14.1. The number of rotatable bonds is 6. The Bertz CT molecular complexity index is 1840. The van der Waals surface area contributed by atoms with E-state index in [1.807, 2.05) is 6.08 Å². The third kappa shape index (κ3) is 4.66. The van der Waals surface area contributed by atoms with Crippen LogP contribution in [0.2, 0.25) is 0 Å². The summed E-state index contributed by atoms with van der Waals surface area (Å²) in [6, 6.07) is 2.51. The highest BCUT2D eigenvalue weighted by molar-refractivity contribution is 6.04. The number of aromatic amines is 1. The van der Waals surface area contributed by atoms with Crippen molar-refractivity contribution < 1.29 is 19.7 Å². The van der Waals surface area contributed by atoms with Crippen molar-refractivity contribution in [1.29, 1.82) is 0 Å². The number of aliphatic hydroxyl groups excluding tert-OH is 1. The minimum atomic E-state index is -0.860. The van der Waals surface area contributed by atoms with Gasteiger partial charge in [0.2, 0.25) is 0 Å². The molecule has 0 saturated heterocycles. The fourth-order valence-electron chi connectivity index (χ4n) is 11.5. The van der Waals surface area contributed by atoms with Gasteiger partial charge in [0.15, 0.2) is 0 Å². The number of carboxylic acids is 1. The Morgan fingerprint density at radius 3 is 2.46 bits per heavy atom. The largest absolute Gasteiger partial charge is 0.478 e. The first-order valence-corrected chi connectivity index (χ1v) is 18.4. The fourth-order valence-corrected chi connectivity index (χ4v) is 11.5. The summed E-state index contributed by atoms with van der Waals surface area (Å²) in [5, 5.41) is 22.5. The van der Waals surface area contributed by atoms with Crippen LogP contribution in [0.15, 0.2) is 41.0 Å². The van der Waals surface area contributed by atoms with Gasteiger partial charge in [-0.1, -0.05) is 38.5 Å². The molecule has 6 atom stereocenters. The van der Waals surface area contributed by atoms with Crippen LogP contribution in [0, 0.1) is 22.7 Å². The molecule has 5 nitrogen and oxygen atoms in total. The number of benzene rings is 1. The second-order valence-electron chi connectivity index (χ2n) is 18.0. The number of allylic oxidation sites excluding steroid dienone is 3. The highest BCUT2D eigenvalue weighted by Gasteiger charge is 2.66. The standard InChI is InChI=1S/C43H57NO4/c1-24(2)13-15-27-29-22-33-32(23-39(4,5)48-40(33,6)7)28(29)21-30-31-20-26-14-16-34-41(8,18-11-12-25(3)38(46)47)35(45)17-19-42(34,9)43(26,10)37(31)44-36(27)30/h12-13,21-23,26,34-35,44-45H,11,14-20H2,1-10H3,(H,46,47)/b25-12+/t26-,34-,35-,41-,42-,43+/m0/s1. The highest BCUT2D eigenvalue weighted by Crippen LogP contribution is 2.70. The van der Waals surface area contributed by atoms with Crippen molar-refractivity contribution in [1.82, 2.24) is 4.98 Å². The van der Waals surface area contributed by atoms with Crippen LogP contribution < -0.4 is 0 Å². The van der Waals surface area contributed by atoms with E-state index in [0.717, 1.165) is 44.9 Å². The van der Waals surface area contributed by atoms with Gasteiger partial charge in [0, 0.05) is 22.1 Å². The summed E-state index contributed by atoms with van der Waals surface area (Å²) in [5.41, 5.74) is 11.6. The Labute approximate surface area is 287 Å². The lowest BCUT2D eigenvalue weighted by molar-refractivity contribution is -0.166. The zero-order chi connectivity index (χ0) is 34.8. The fraction of sp³-hybridized carbons (Fsp3) is 0.605. The number of carbonyl (C=O) groups is 1. The summed E-state index contributed by atoms with van der Waals surface area (Å²) in [7, 11) is 0. The molecule has 2 saturated carbocycles. The molecular formula is C43H57NO4. The Balaban J connectivity index is 1.38. The number of fused-ring (bicyclic) bond motifs is 10. The molecule has 0 radical (unpaired) electrons. The third-order valence-electron chi connectivity index (χ3n) is 14.1. The zero-order valence-electron chi connectivity index (χ0n) is 31.0. The summed E-state index contributed by atoms with van der Waals surface area (Å²) < 4.78 is 6.60. The molecule has 2 aromatic rings. The summed E-state index contributed by atoms with van der Waals surface area (Å²) in [4.78, 5) is 15.7. The van der Waals surface area contributed by atoms with Gasteiger partial charge in [-0.3, -0.25) is 0 Å². The number of hydrogen-bond acceptors (Lipinski definition) is 3. The van der Waals surface area contributed by atoms with E-state index in [2.05, 4.69) is 91.6 Å². The van der Waals surface area contributed by atoms with E-state index < -0.39 is 5.97 Å². The van der Waals surface area contributed by atoms with Crippen molar-refractivity contribution in [3.05, 3.63) is 69.0 Å². The smallest absolute Gasteiger partial charge is 0.330 e. The minimum absolute atomic E-state index is 0.00867. The summed E-state index contributed by atoms with van der Waals surface area (Å²) in [6.07, 6.45) is 16.1. The molecule has 258 valence electrons. The number of aromatic nitrogens is 1. The lowest BCUT2D eigenvalue weighted by Gasteiger charge is -2.65. The van der Waals surface area contributed by atoms with Crippen molar-refractivity contribution in [2.24, 2.45) is 22.7 Å². The molecule has 5 aliphatic rings. The molecule has 3 N–H and O–H groups in total. The van der Waals surface area contributed by atoms with Gasteiger partial charge in [0.05, 0.1) is 22.8 Å². The molecule has 5 heteroatoms. The van der Waals surface area contributed by atoms with E-state index in [1.165, 1.54) is 55.6 Å². The molecule has 2 fully saturated rings. The molecule has 4 aliphatic carbocycles. The molecule has 0 bridgehead atoms. The van der Waals surface area contributed by atoms with Gasteiger partial charge < -0.3 is 19.9 Å². The van der Waals surface area contributed by atoms with Crippen LogP contribution >= 0.6 is 0 Å². The molecule has 1 aromatic heterocycles. The van der Waals surface area contributed by atoms with Crippen LogP contribution in [0.3, 0.4) is 0 Å². The molecule has 7 rings (SSSR count). The second-order valence-corrected chi connectivity index (χ2v) is 18.0. The summed E-state index contributed by atoms with van der Waals surface area (Å²) in [5.74, 6) is 0.0476. The lowest BCUT2D eigenvalue weighted by Crippen LogP contribution is -2.62. The maximum Gasteiger partial charge on any atom is 0.330 e. The molecule has 0 amide bonds. The average molecular weight is 652 g/mol. The monoisotopic (exact) mass is 651 g/mol. The van der Waals surface area contributed by atoms with Crippen molar-refractivity contribution in [3.8, 4) is 0 Å². The van der Waals surface area contributed by atoms with Crippen molar-refractivity contribution >= 4 is 28.5 Å². The van der Waals surface area contributed by atoms with Gasteiger partial charge in [-0.25, -0.2) is 4.79 Å². The summed E-state index contributed by atoms with van der Waals surface area (Å²) >= 11 is 0. The predicted octanol–water partition coefficient (Wildman–Crippen LogP) is 9.86. The van der Waals surface area contributed by atoms with Crippen molar-refractivity contribution in [3.63, 3.8) is 0 Å². The van der Waals surface area contributed by atoms with E-state index in [4.69, 9.17) is 4.74 Å². The van der Waals surface area contributed by atoms with Crippen LogP contribution in [0.4, 0.5) is 0 Å². The second kappa shape index (κ2) is 10.8. The molecule has 0 unspecified atom stereocenters. The number of carboxylic acid groups (broad SMARTS) is 1. The quantitative estimate of drug-likeness (QED) is 0.215. The Kier molecular flexibility index (Phi) is 7.56. The predicted molar refractivity (Wildman–Crippen MR) is 196 cm³/mol. The minimum Gasteiger partial charge on any atom is -0.478 e. The van der Waals surface area contributed by atoms with Gasteiger partial charge in [0.25, 0.3) is 0 Å². The van der Waals surface area contributed by atoms with E-state index in [9.17, 15) is 15.0 Å². The van der Waals surface area contributed by atoms with Crippen molar-refractivity contribution in [2.75, 3.05) is 0 Å². The first-order valence-electron chi connectivity index (χ1n) is 18.4. The van der Waals surface area contributed by atoms with Crippen LogP contribution in [0.25, 0.3) is 22.6 Å². The number of nitrogens with one attached hydrogen (secondary N) is 1. The Hall–Kier alpha value is -2.89. The van der Waals surface area contributed by atoms with Gasteiger partial charge >= 0.3 is 5.97 Å². The number of hydrogen-bond donors (Lipinski definition) is 3. The van der Waals surface area contributed by atoms with E-state index in [1.54, 1.807) is 6.92 Å². The van der Waals surface area contributed by atoms with Gasteiger partial charge in [-0.05, 0) is 174 Å². The van der Waals surface area contributed by atoms with Gasteiger partial charge in [-0.15, -0.1) is 0 Å². The average Bonchev–Trinajstić information content (AvgIpc) is 3.62. The topological polar surface area (TPSA) is 82.6 Å². The van der Waals surface area contributed by atoms with E-state index >= 15 is 0 Å². The number of H-pyrrole nitrogens is 1. The van der Waals surface area contributed by atoms with Crippen LogP contribution in [-0.2, 0) is 27.8 Å². The normalized spacial score (nSPS) is 34.4. The zero-order valence-corrected chi connectivity index (χ0v) is 31.0. The Morgan fingerprint density at radius 1 is 1.04 bits per heavy atom. The number of ether oxygens (including phenoxy) is 1. The maximum absolute atomic E-state index is 11.6.